The molecule has 0 aromatic rings. The van der Waals surface area contributed by atoms with Gasteiger partial charge < -0.3 is 4.74 Å². The van der Waals surface area contributed by atoms with Gasteiger partial charge in [-0.25, -0.2) is 4.79 Å². The van der Waals surface area contributed by atoms with Crippen LogP contribution in [0.3, 0.4) is 0 Å². The van der Waals surface area contributed by atoms with Crippen LogP contribution in [-0.2, 0) is 4.74 Å². The highest BCUT2D eigenvalue weighted by Gasteiger charge is 2.31. The Kier molecular flexibility index (Phi) is 2.39. The van der Waals surface area contributed by atoms with Crippen LogP contribution in [0.15, 0.2) is 12.3 Å². The summed E-state index contributed by atoms with van der Waals surface area (Å²) in [4.78, 5) is 12.4. The standard InChI is InChI=1S/C7H10ClNO2/c1-5-6(2)11-7(10)9(5)4-3-8/h6H,1,3-4H2,2H3. The van der Waals surface area contributed by atoms with Crippen LogP contribution in [0.2, 0.25) is 0 Å². The van der Waals surface area contributed by atoms with Crippen LogP contribution in [0.4, 0.5) is 4.79 Å². The van der Waals surface area contributed by atoms with Crippen molar-refractivity contribution in [2.75, 3.05) is 12.4 Å². The van der Waals surface area contributed by atoms with Crippen molar-refractivity contribution >= 4 is 17.7 Å². The minimum absolute atomic E-state index is 0.203. The van der Waals surface area contributed by atoms with E-state index in [1.54, 1.807) is 6.92 Å². The summed E-state index contributed by atoms with van der Waals surface area (Å²) in [7, 11) is 0. The molecule has 0 N–H and O–H groups in total. The Balaban J connectivity index is 2.64. The Labute approximate surface area is 70.6 Å². The van der Waals surface area contributed by atoms with Gasteiger partial charge in [0.25, 0.3) is 0 Å². The molecule has 0 saturated carbocycles. The zero-order valence-electron chi connectivity index (χ0n) is 6.34. The maximum Gasteiger partial charge on any atom is 0.414 e. The number of ether oxygens (including phenoxy) is 1. The predicted molar refractivity (Wildman–Crippen MR) is 42.5 cm³/mol. The van der Waals surface area contributed by atoms with Crippen molar-refractivity contribution in [2.24, 2.45) is 0 Å². The molecule has 11 heavy (non-hydrogen) atoms. The summed E-state index contributed by atoms with van der Waals surface area (Å²) in [6, 6.07) is 0. The van der Waals surface area contributed by atoms with Gasteiger partial charge in [0.05, 0.1) is 5.70 Å². The molecule has 1 saturated heterocycles. The number of carbonyl (C=O) groups is 1. The van der Waals surface area contributed by atoms with E-state index in [0.29, 0.717) is 18.1 Å². The molecule has 1 amide bonds. The van der Waals surface area contributed by atoms with E-state index in [9.17, 15) is 4.79 Å². The van der Waals surface area contributed by atoms with E-state index < -0.39 is 0 Å². The highest BCUT2D eigenvalue weighted by atomic mass is 35.5. The first-order valence-electron chi connectivity index (χ1n) is 3.39. The van der Waals surface area contributed by atoms with Gasteiger partial charge in [0.15, 0.2) is 0 Å². The Morgan fingerprint density at radius 3 is 2.82 bits per heavy atom. The van der Waals surface area contributed by atoms with E-state index in [0.717, 1.165) is 0 Å². The highest BCUT2D eigenvalue weighted by molar-refractivity contribution is 6.18. The maximum absolute atomic E-state index is 11.0. The molecule has 1 rings (SSSR count). The molecule has 3 nitrogen and oxygen atoms in total. The number of carbonyl (C=O) groups excluding carboxylic acids is 1. The Bertz CT molecular complexity index is 193. The molecule has 1 fully saturated rings. The van der Waals surface area contributed by atoms with E-state index in [1.165, 1.54) is 4.90 Å². The van der Waals surface area contributed by atoms with Crippen LogP contribution < -0.4 is 0 Å². The van der Waals surface area contributed by atoms with E-state index in [2.05, 4.69) is 6.58 Å². The number of halogens is 1. The molecule has 0 aliphatic carbocycles. The van der Waals surface area contributed by atoms with E-state index in [1.807, 2.05) is 0 Å². The van der Waals surface area contributed by atoms with Gasteiger partial charge in [-0.05, 0) is 6.92 Å². The lowest BCUT2D eigenvalue weighted by Gasteiger charge is -2.11. The Hall–Kier alpha value is -0.700. The summed E-state index contributed by atoms with van der Waals surface area (Å²) in [6.45, 7) is 5.97. The lowest BCUT2D eigenvalue weighted by molar-refractivity contribution is 0.139. The second-order valence-electron chi connectivity index (χ2n) is 2.36. The summed E-state index contributed by atoms with van der Waals surface area (Å²) in [5.74, 6) is 0.404. The molecule has 1 aliphatic heterocycles. The molecule has 0 spiro atoms. The second-order valence-corrected chi connectivity index (χ2v) is 2.74. The molecule has 0 aromatic heterocycles. The smallest absolute Gasteiger partial charge is 0.414 e. The fourth-order valence-electron chi connectivity index (χ4n) is 0.939. The highest BCUT2D eigenvalue weighted by Crippen LogP contribution is 2.20. The maximum atomic E-state index is 11.0. The number of amides is 1. The molecular formula is C7H10ClNO2. The van der Waals surface area contributed by atoms with Gasteiger partial charge in [0, 0.05) is 12.4 Å². The van der Waals surface area contributed by atoms with Gasteiger partial charge in [0.2, 0.25) is 0 Å². The number of hydrogen-bond acceptors (Lipinski definition) is 2. The lowest BCUT2D eigenvalue weighted by Crippen LogP contribution is -2.24. The molecule has 0 aromatic carbocycles. The zero-order chi connectivity index (χ0) is 8.43. The number of hydrogen-bond donors (Lipinski definition) is 0. The molecule has 4 heteroatoms. The summed E-state index contributed by atoms with van der Waals surface area (Å²) in [5, 5.41) is 0. The van der Waals surface area contributed by atoms with Crippen molar-refractivity contribution in [1.82, 2.24) is 4.90 Å². The first kappa shape index (κ1) is 8.40. The van der Waals surface area contributed by atoms with Crippen LogP contribution in [-0.4, -0.2) is 29.5 Å². The van der Waals surface area contributed by atoms with Crippen molar-refractivity contribution < 1.29 is 9.53 Å². The normalized spacial score (nSPS) is 24.2. The average molecular weight is 176 g/mol. The lowest BCUT2D eigenvalue weighted by atomic mass is 10.3. The van der Waals surface area contributed by atoms with Crippen LogP contribution in [0.25, 0.3) is 0 Å². The van der Waals surface area contributed by atoms with Crippen LogP contribution >= 0.6 is 11.6 Å². The zero-order valence-corrected chi connectivity index (χ0v) is 7.10. The molecule has 1 aliphatic rings. The fourth-order valence-corrected chi connectivity index (χ4v) is 1.11. The first-order valence-corrected chi connectivity index (χ1v) is 3.93. The SMILES string of the molecule is C=C1C(C)OC(=O)N1CCCl. The third-order valence-corrected chi connectivity index (χ3v) is 1.79. The summed E-state index contributed by atoms with van der Waals surface area (Å²) < 4.78 is 4.87. The Morgan fingerprint density at radius 1 is 1.82 bits per heavy atom. The van der Waals surface area contributed by atoms with Crippen LogP contribution in [0, 0.1) is 0 Å². The number of rotatable bonds is 2. The number of nitrogens with zero attached hydrogens (tertiary/aromatic N) is 1. The molecule has 1 heterocycles. The fraction of sp³-hybridized carbons (Fsp3) is 0.571. The van der Waals surface area contributed by atoms with Gasteiger partial charge >= 0.3 is 6.09 Å². The van der Waals surface area contributed by atoms with E-state index >= 15 is 0 Å². The van der Waals surface area contributed by atoms with Gasteiger partial charge in [-0.15, -0.1) is 11.6 Å². The van der Waals surface area contributed by atoms with Gasteiger partial charge in [-0.1, -0.05) is 6.58 Å². The summed E-state index contributed by atoms with van der Waals surface area (Å²) in [6.07, 6.45) is -0.547. The number of cyclic esters (lactones) is 1. The van der Waals surface area contributed by atoms with Crippen LogP contribution in [0.1, 0.15) is 6.92 Å². The van der Waals surface area contributed by atoms with Crippen molar-refractivity contribution in [3.05, 3.63) is 12.3 Å². The van der Waals surface area contributed by atoms with E-state index in [4.69, 9.17) is 16.3 Å². The van der Waals surface area contributed by atoms with Crippen molar-refractivity contribution in [1.29, 1.82) is 0 Å². The van der Waals surface area contributed by atoms with Crippen LogP contribution in [0.5, 0.6) is 0 Å². The molecule has 1 atom stereocenters. The minimum atomic E-state index is -0.344. The minimum Gasteiger partial charge on any atom is -0.440 e. The Morgan fingerprint density at radius 2 is 2.45 bits per heavy atom. The third-order valence-electron chi connectivity index (χ3n) is 1.62. The first-order chi connectivity index (χ1) is 5.16. The topological polar surface area (TPSA) is 29.5 Å². The second kappa shape index (κ2) is 3.13. The average Bonchev–Trinajstić information content (AvgIpc) is 2.17. The summed E-state index contributed by atoms with van der Waals surface area (Å²) in [5.41, 5.74) is 0.690. The van der Waals surface area contributed by atoms with Gasteiger partial charge in [0.1, 0.15) is 6.10 Å². The molecule has 0 bridgehead atoms. The van der Waals surface area contributed by atoms with Crippen molar-refractivity contribution in [2.45, 2.75) is 13.0 Å². The molecule has 0 radical (unpaired) electrons. The van der Waals surface area contributed by atoms with Crippen molar-refractivity contribution in [3.63, 3.8) is 0 Å². The summed E-state index contributed by atoms with van der Waals surface area (Å²) >= 11 is 5.47. The molecule has 62 valence electrons. The largest absolute Gasteiger partial charge is 0.440 e. The third kappa shape index (κ3) is 1.48. The number of alkyl halides is 1. The van der Waals surface area contributed by atoms with Gasteiger partial charge in [-0.3, -0.25) is 4.90 Å². The predicted octanol–water partition coefficient (Wildman–Crippen LogP) is 1.58. The monoisotopic (exact) mass is 175 g/mol. The quantitative estimate of drug-likeness (QED) is 0.597. The van der Waals surface area contributed by atoms with Crippen molar-refractivity contribution in [3.8, 4) is 0 Å². The molecule has 1 unspecified atom stereocenters. The van der Waals surface area contributed by atoms with E-state index in [-0.39, 0.29) is 12.2 Å². The van der Waals surface area contributed by atoms with Gasteiger partial charge in [-0.2, -0.15) is 0 Å². The molecular weight excluding hydrogens is 166 g/mol.